The summed E-state index contributed by atoms with van der Waals surface area (Å²) in [5.41, 5.74) is 1.45. The maximum absolute atomic E-state index is 12.4. The Bertz CT molecular complexity index is 748. The molecule has 1 amide bonds. The van der Waals surface area contributed by atoms with Crippen molar-refractivity contribution in [3.63, 3.8) is 0 Å². The zero-order valence-electron chi connectivity index (χ0n) is 12.5. The van der Waals surface area contributed by atoms with Gasteiger partial charge in [0.05, 0.1) is 23.8 Å². The van der Waals surface area contributed by atoms with Crippen molar-refractivity contribution in [1.82, 2.24) is 14.9 Å². The second-order valence-electron chi connectivity index (χ2n) is 5.68. The molecule has 1 saturated heterocycles. The average Bonchev–Trinajstić information content (AvgIpc) is 3.02. The van der Waals surface area contributed by atoms with E-state index in [0.717, 1.165) is 18.6 Å². The van der Waals surface area contributed by atoms with Gasteiger partial charge >= 0.3 is 0 Å². The molecule has 1 N–H and O–H groups in total. The summed E-state index contributed by atoms with van der Waals surface area (Å²) < 4.78 is 6.62. The van der Waals surface area contributed by atoms with Crippen LogP contribution in [0.4, 0.5) is 0 Å². The molecule has 1 fully saturated rings. The molecular weight excluding hydrogens is 282 g/mol. The van der Waals surface area contributed by atoms with Crippen LogP contribution >= 0.6 is 0 Å². The zero-order valence-corrected chi connectivity index (χ0v) is 12.5. The minimum atomic E-state index is -0.187. The van der Waals surface area contributed by atoms with Gasteiger partial charge < -0.3 is 10.1 Å². The number of amides is 1. The largest absolute Gasteiger partial charge is 0.381 e. The van der Waals surface area contributed by atoms with Crippen LogP contribution < -0.4 is 10.9 Å². The lowest BCUT2D eigenvalue weighted by Gasteiger charge is -2.11. The first kappa shape index (κ1) is 14.7. The Morgan fingerprint density at radius 1 is 1.50 bits per heavy atom. The number of para-hydroxylation sites is 1. The molecule has 0 aliphatic carbocycles. The third-order valence-electron chi connectivity index (χ3n) is 3.98. The van der Waals surface area contributed by atoms with E-state index in [1.54, 1.807) is 6.07 Å². The van der Waals surface area contributed by atoms with Gasteiger partial charge in [-0.2, -0.15) is 0 Å². The van der Waals surface area contributed by atoms with Crippen LogP contribution in [0, 0.1) is 12.8 Å². The van der Waals surface area contributed by atoms with E-state index in [4.69, 9.17) is 4.74 Å². The number of nitrogens with zero attached hydrogens (tertiary/aromatic N) is 2. The number of nitrogens with one attached hydrogen (secondary N) is 1. The van der Waals surface area contributed by atoms with Gasteiger partial charge in [0.15, 0.2) is 0 Å². The third-order valence-corrected chi connectivity index (χ3v) is 3.98. The number of ether oxygens (including phenoxy) is 1. The van der Waals surface area contributed by atoms with Gasteiger partial charge in [-0.3, -0.25) is 14.2 Å². The molecular formula is C16H19N3O3. The summed E-state index contributed by atoms with van der Waals surface area (Å²) in [7, 11) is 0. The summed E-state index contributed by atoms with van der Waals surface area (Å²) in [6.07, 6.45) is 2.41. The van der Waals surface area contributed by atoms with E-state index in [-0.39, 0.29) is 18.0 Å². The highest BCUT2D eigenvalue weighted by Gasteiger charge is 2.16. The van der Waals surface area contributed by atoms with Gasteiger partial charge in [0, 0.05) is 19.1 Å². The quantitative estimate of drug-likeness (QED) is 0.909. The molecule has 0 spiro atoms. The van der Waals surface area contributed by atoms with E-state index in [1.807, 2.05) is 19.1 Å². The minimum absolute atomic E-state index is 0.0106. The first-order valence-electron chi connectivity index (χ1n) is 7.44. The maximum Gasteiger partial charge on any atom is 0.261 e. The highest BCUT2D eigenvalue weighted by molar-refractivity contribution is 5.81. The van der Waals surface area contributed by atoms with Gasteiger partial charge in [-0.05, 0) is 25.0 Å². The lowest BCUT2D eigenvalue weighted by atomic mass is 10.1. The second kappa shape index (κ2) is 6.27. The molecule has 1 atom stereocenters. The monoisotopic (exact) mass is 301 g/mol. The van der Waals surface area contributed by atoms with Gasteiger partial charge in [0.25, 0.3) is 5.56 Å². The van der Waals surface area contributed by atoms with Crippen molar-refractivity contribution >= 4 is 16.8 Å². The van der Waals surface area contributed by atoms with Crippen LogP contribution in [0.3, 0.4) is 0 Å². The molecule has 1 aliphatic heterocycles. The smallest absolute Gasteiger partial charge is 0.261 e. The topological polar surface area (TPSA) is 73.2 Å². The van der Waals surface area contributed by atoms with Gasteiger partial charge in [-0.15, -0.1) is 0 Å². The normalized spacial score (nSPS) is 17.8. The van der Waals surface area contributed by atoms with Crippen LogP contribution in [0.25, 0.3) is 10.9 Å². The van der Waals surface area contributed by atoms with Crippen LogP contribution in [-0.2, 0) is 16.1 Å². The van der Waals surface area contributed by atoms with Crippen molar-refractivity contribution in [2.45, 2.75) is 19.9 Å². The first-order valence-corrected chi connectivity index (χ1v) is 7.44. The van der Waals surface area contributed by atoms with Gasteiger partial charge in [0.2, 0.25) is 5.91 Å². The highest BCUT2D eigenvalue weighted by Crippen LogP contribution is 2.11. The molecule has 1 unspecified atom stereocenters. The van der Waals surface area contributed by atoms with Crippen molar-refractivity contribution in [2.75, 3.05) is 19.8 Å². The van der Waals surface area contributed by atoms with E-state index in [9.17, 15) is 9.59 Å². The molecule has 3 rings (SSSR count). The van der Waals surface area contributed by atoms with Crippen LogP contribution in [0.5, 0.6) is 0 Å². The van der Waals surface area contributed by atoms with Crippen LogP contribution in [0.15, 0.2) is 29.3 Å². The molecule has 6 nitrogen and oxygen atoms in total. The molecule has 1 aromatic carbocycles. The van der Waals surface area contributed by atoms with E-state index >= 15 is 0 Å². The Labute approximate surface area is 128 Å². The van der Waals surface area contributed by atoms with Crippen LogP contribution in [0.2, 0.25) is 0 Å². The molecule has 1 aromatic heterocycles. The minimum Gasteiger partial charge on any atom is -0.381 e. The Hall–Kier alpha value is -2.21. The van der Waals surface area contributed by atoms with Crippen molar-refractivity contribution in [3.8, 4) is 0 Å². The van der Waals surface area contributed by atoms with Gasteiger partial charge in [-0.1, -0.05) is 12.1 Å². The number of rotatable bonds is 4. The fraction of sp³-hybridized carbons (Fsp3) is 0.438. The number of hydrogen-bond donors (Lipinski definition) is 1. The number of aromatic nitrogens is 2. The Kier molecular flexibility index (Phi) is 4.20. The Morgan fingerprint density at radius 3 is 3.14 bits per heavy atom. The summed E-state index contributed by atoms with van der Waals surface area (Å²) in [6.45, 7) is 3.94. The van der Waals surface area contributed by atoms with Crippen LogP contribution in [0.1, 0.15) is 12.0 Å². The standard InChI is InChI=1S/C16H19N3O3/c1-11-3-2-4-13-15(11)18-10-19(16(13)21)8-14(20)17-7-12-5-6-22-9-12/h2-4,10,12H,5-9H2,1H3,(H,17,20). The molecule has 0 radical (unpaired) electrons. The molecule has 22 heavy (non-hydrogen) atoms. The molecule has 1 aliphatic rings. The predicted molar refractivity (Wildman–Crippen MR) is 82.7 cm³/mol. The van der Waals surface area contributed by atoms with Gasteiger partial charge in [-0.25, -0.2) is 4.98 Å². The molecule has 116 valence electrons. The fourth-order valence-corrected chi connectivity index (χ4v) is 2.66. The molecule has 2 heterocycles. The van der Waals surface area contributed by atoms with Crippen molar-refractivity contribution in [3.05, 3.63) is 40.4 Å². The fourth-order valence-electron chi connectivity index (χ4n) is 2.66. The average molecular weight is 301 g/mol. The predicted octanol–water partition coefficient (Wildman–Crippen LogP) is 0.858. The van der Waals surface area contributed by atoms with Crippen molar-refractivity contribution in [1.29, 1.82) is 0 Å². The molecule has 6 heteroatoms. The summed E-state index contributed by atoms with van der Waals surface area (Å²) in [5.74, 6) is 0.195. The maximum atomic E-state index is 12.4. The third kappa shape index (κ3) is 3.01. The molecule has 0 bridgehead atoms. The van der Waals surface area contributed by atoms with E-state index in [0.29, 0.717) is 30.0 Å². The molecule has 2 aromatic rings. The van der Waals surface area contributed by atoms with E-state index in [1.165, 1.54) is 10.9 Å². The van der Waals surface area contributed by atoms with E-state index < -0.39 is 0 Å². The van der Waals surface area contributed by atoms with Crippen molar-refractivity contribution < 1.29 is 9.53 Å². The Balaban J connectivity index is 1.72. The number of fused-ring (bicyclic) bond motifs is 1. The van der Waals surface area contributed by atoms with E-state index in [2.05, 4.69) is 10.3 Å². The van der Waals surface area contributed by atoms with Gasteiger partial charge in [0.1, 0.15) is 6.54 Å². The number of carbonyl (C=O) groups excluding carboxylic acids is 1. The highest BCUT2D eigenvalue weighted by atomic mass is 16.5. The summed E-state index contributed by atoms with van der Waals surface area (Å²) in [4.78, 5) is 28.7. The summed E-state index contributed by atoms with van der Waals surface area (Å²) in [5, 5.41) is 3.39. The number of hydrogen-bond acceptors (Lipinski definition) is 4. The van der Waals surface area contributed by atoms with Crippen molar-refractivity contribution in [2.24, 2.45) is 5.92 Å². The lowest BCUT2D eigenvalue weighted by molar-refractivity contribution is -0.121. The number of benzene rings is 1. The lowest BCUT2D eigenvalue weighted by Crippen LogP contribution is -2.35. The van der Waals surface area contributed by atoms with Crippen LogP contribution in [-0.4, -0.2) is 35.2 Å². The SMILES string of the molecule is Cc1cccc2c(=O)n(CC(=O)NCC3CCOC3)cnc12. The Morgan fingerprint density at radius 2 is 2.36 bits per heavy atom. The summed E-state index contributed by atoms with van der Waals surface area (Å²) in [6, 6.07) is 5.47. The summed E-state index contributed by atoms with van der Waals surface area (Å²) >= 11 is 0. The first-order chi connectivity index (χ1) is 10.6. The second-order valence-corrected chi connectivity index (χ2v) is 5.68. The molecule has 0 saturated carbocycles. The zero-order chi connectivity index (χ0) is 15.5. The number of aryl methyl sites for hydroxylation is 1. The number of carbonyl (C=O) groups is 1.